The van der Waals surface area contributed by atoms with Crippen LogP contribution in [0.1, 0.15) is 28.1 Å². The Morgan fingerprint density at radius 1 is 1.15 bits per heavy atom. The lowest BCUT2D eigenvalue weighted by molar-refractivity contribution is 0.354. The predicted octanol–water partition coefficient (Wildman–Crippen LogP) is 3.07. The number of hydrogen-bond donors (Lipinski definition) is 2. The highest BCUT2D eigenvalue weighted by atomic mass is 32.1. The third-order valence-corrected chi connectivity index (χ3v) is 5.05. The summed E-state index contributed by atoms with van der Waals surface area (Å²) < 4.78 is 10.6. The van der Waals surface area contributed by atoms with Crippen molar-refractivity contribution in [1.29, 1.82) is 0 Å². The van der Waals surface area contributed by atoms with Crippen molar-refractivity contribution in [2.45, 2.75) is 33.7 Å². The molecule has 0 amide bonds. The summed E-state index contributed by atoms with van der Waals surface area (Å²) in [4.78, 5) is 10.5. The Labute approximate surface area is 159 Å². The summed E-state index contributed by atoms with van der Waals surface area (Å²) in [5, 5.41) is 7.80. The van der Waals surface area contributed by atoms with Gasteiger partial charge in [0.1, 0.15) is 0 Å². The highest BCUT2D eigenvalue weighted by Gasteiger charge is 2.06. The number of ether oxygens (including phenoxy) is 2. The van der Waals surface area contributed by atoms with Crippen molar-refractivity contribution >= 4 is 17.3 Å². The molecule has 26 heavy (non-hydrogen) atoms. The highest BCUT2D eigenvalue weighted by Crippen LogP contribution is 2.27. The van der Waals surface area contributed by atoms with Crippen LogP contribution in [0.4, 0.5) is 0 Å². The molecule has 142 valence electrons. The summed E-state index contributed by atoms with van der Waals surface area (Å²) in [6, 6.07) is 5.85. The first kappa shape index (κ1) is 20.0. The SMILES string of the molecule is CCNC(=NCc1ccc(OC)c(OC)c1)NCCc1nc(C)c(C)s1. The smallest absolute Gasteiger partial charge is 0.191 e. The van der Waals surface area contributed by atoms with Gasteiger partial charge >= 0.3 is 0 Å². The van der Waals surface area contributed by atoms with Gasteiger partial charge in [-0.2, -0.15) is 0 Å². The van der Waals surface area contributed by atoms with Gasteiger partial charge in [-0.3, -0.25) is 0 Å². The fraction of sp³-hybridized carbons (Fsp3) is 0.474. The van der Waals surface area contributed by atoms with Crippen LogP contribution in [-0.2, 0) is 13.0 Å². The molecule has 0 aliphatic carbocycles. The van der Waals surface area contributed by atoms with E-state index in [1.54, 1.807) is 25.6 Å². The Balaban J connectivity index is 1.95. The van der Waals surface area contributed by atoms with Crippen LogP contribution in [0.3, 0.4) is 0 Å². The Morgan fingerprint density at radius 2 is 1.92 bits per heavy atom. The number of nitrogens with zero attached hydrogens (tertiary/aromatic N) is 2. The van der Waals surface area contributed by atoms with E-state index in [1.165, 1.54) is 4.88 Å². The van der Waals surface area contributed by atoms with Crippen molar-refractivity contribution in [2.24, 2.45) is 4.99 Å². The van der Waals surface area contributed by atoms with Gasteiger partial charge in [-0.05, 0) is 38.5 Å². The molecule has 6 nitrogen and oxygen atoms in total. The Bertz CT molecular complexity index is 724. The molecule has 7 heteroatoms. The van der Waals surface area contributed by atoms with Crippen molar-refractivity contribution in [1.82, 2.24) is 15.6 Å². The molecule has 0 aliphatic rings. The number of aliphatic imine (C=N–C) groups is 1. The highest BCUT2D eigenvalue weighted by molar-refractivity contribution is 7.11. The lowest BCUT2D eigenvalue weighted by Gasteiger charge is -2.11. The van der Waals surface area contributed by atoms with E-state index in [1.807, 2.05) is 18.2 Å². The molecular formula is C19H28N4O2S. The Hall–Kier alpha value is -2.28. The van der Waals surface area contributed by atoms with Gasteiger partial charge in [0, 0.05) is 24.4 Å². The maximum Gasteiger partial charge on any atom is 0.191 e. The van der Waals surface area contributed by atoms with Crippen LogP contribution < -0.4 is 20.1 Å². The van der Waals surface area contributed by atoms with Gasteiger partial charge in [-0.1, -0.05) is 6.07 Å². The van der Waals surface area contributed by atoms with Gasteiger partial charge in [-0.25, -0.2) is 9.98 Å². The molecule has 2 aromatic rings. The Morgan fingerprint density at radius 3 is 2.54 bits per heavy atom. The van der Waals surface area contributed by atoms with E-state index in [9.17, 15) is 0 Å². The van der Waals surface area contributed by atoms with Crippen LogP contribution in [0.25, 0.3) is 0 Å². The molecule has 0 aliphatic heterocycles. The monoisotopic (exact) mass is 376 g/mol. The lowest BCUT2D eigenvalue weighted by atomic mass is 10.2. The summed E-state index contributed by atoms with van der Waals surface area (Å²) >= 11 is 1.76. The minimum absolute atomic E-state index is 0.561. The number of thiazole rings is 1. The predicted molar refractivity (Wildman–Crippen MR) is 108 cm³/mol. The average Bonchev–Trinajstić information content (AvgIpc) is 2.97. The third kappa shape index (κ3) is 5.62. The quantitative estimate of drug-likeness (QED) is 0.547. The van der Waals surface area contributed by atoms with Crippen LogP contribution in [-0.4, -0.2) is 38.3 Å². The van der Waals surface area contributed by atoms with Crippen LogP contribution in [0.15, 0.2) is 23.2 Å². The van der Waals surface area contributed by atoms with Crippen molar-refractivity contribution in [3.8, 4) is 11.5 Å². The number of aryl methyl sites for hydroxylation is 2. The van der Waals surface area contributed by atoms with Crippen molar-refractivity contribution in [3.63, 3.8) is 0 Å². The summed E-state index contributed by atoms with van der Waals surface area (Å²) in [6.07, 6.45) is 0.889. The molecule has 2 rings (SSSR count). The number of nitrogens with one attached hydrogen (secondary N) is 2. The molecule has 1 heterocycles. The average molecular weight is 377 g/mol. The fourth-order valence-corrected chi connectivity index (χ4v) is 3.36. The van der Waals surface area contributed by atoms with Gasteiger partial charge in [0.15, 0.2) is 17.5 Å². The van der Waals surface area contributed by atoms with Gasteiger partial charge in [0.2, 0.25) is 0 Å². The zero-order valence-electron chi connectivity index (χ0n) is 16.2. The minimum atomic E-state index is 0.561. The second-order valence-electron chi connectivity index (χ2n) is 5.81. The van der Waals surface area contributed by atoms with Crippen molar-refractivity contribution in [3.05, 3.63) is 39.3 Å². The summed E-state index contributed by atoms with van der Waals surface area (Å²) in [5.41, 5.74) is 2.19. The molecule has 0 atom stereocenters. The van der Waals surface area contributed by atoms with Crippen LogP contribution in [0, 0.1) is 13.8 Å². The molecule has 2 N–H and O–H groups in total. The number of hydrogen-bond acceptors (Lipinski definition) is 5. The first-order valence-corrected chi connectivity index (χ1v) is 9.55. The number of rotatable bonds is 8. The van der Waals surface area contributed by atoms with E-state index < -0.39 is 0 Å². The third-order valence-electron chi connectivity index (χ3n) is 3.92. The first-order valence-electron chi connectivity index (χ1n) is 8.73. The van der Waals surface area contributed by atoms with Gasteiger partial charge in [0.25, 0.3) is 0 Å². The number of methoxy groups -OCH3 is 2. The van der Waals surface area contributed by atoms with Crippen LogP contribution in [0.5, 0.6) is 11.5 Å². The number of benzene rings is 1. The molecule has 0 unspecified atom stereocenters. The van der Waals surface area contributed by atoms with Crippen molar-refractivity contribution in [2.75, 3.05) is 27.3 Å². The van der Waals surface area contributed by atoms with E-state index in [2.05, 4.69) is 41.4 Å². The molecule has 0 fully saturated rings. The zero-order chi connectivity index (χ0) is 18.9. The summed E-state index contributed by atoms with van der Waals surface area (Å²) in [7, 11) is 3.27. The minimum Gasteiger partial charge on any atom is -0.493 e. The lowest BCUT2D eigenvalue weighted by Crippen LogP contribution is -2.38. The maximum atomic E-state index is 5.35. The van der Waals surface area contributed by atoms with E-state index in [4.69, 9.17) is 9.47 Å². The van der Waals surface area contributed by atoms with Gasteiger partial charge in [-0.15, -0.1) is 11.3 Å². The fourth-order valence-electron chi connectivity index (χ4n) is 2.43. The number of guanidine groups is 1. The second kappa shape index (κ2) is 10.0. The molecule has 1 aromatic carbocycles. The number of aromatic nitrogens is 1. The van der Waals surface area contributed by atoms with E-state index in [-0.39, 0.29) is 0 Å². The topological polar surface area (TPSA) is 67.8 Å². The van der Waals surface area contributed by atoms with Crippen LogP contribution in [0.2, 0.25) is 0 Å². The van der Waals surface area contributed by atoms with Gasteiger partial charge < -0.3 is 20.1 Å². The first-order chi connectivity index (χ1) is 12.6. The van der Waals surface area contributed by atoms with Crippen LogP contribution >= 0.6 is 11.3 Å². The molecule has 1 aromatic heterocycles. The molecule has 0 spiro atoms. The normalized spacial score (nSPS) is 11.3. The van der Waals surface area contributed by atoms with Gasteiger partial charge in [0.05, 0.1) is 31.5 Å². The standard InChI is InChI=1S/C19H28N4O2S/c1-6-20-19(21-10-9-18-23-13(2)14(3)26-18)22-12-15-7-8-16(24-4)17(11-15)25-5/h7-8,11H,6,9-10,12H2,1-5H3,(H2,20,21,22). The zero-order valence-corrected chi connectivity index (χ0v) is 17.0. The van der Waals surface area contributed by atoms with E-state index >= 15 is 0 Å². The summed E-state index contributed by atoms with van der Waals surface area (Å²) in [5.74, 6) is 2.24. The summed E-state index contributed by atoms with van der Waals surface area (Å²) in [6.45, 7) is 8.39. The molecule has 0 saturated carbocycles. The van der Waals surface area contributed by atoms with E-state index in [0.717, 1.165) is 47.5 Å². The van der Waals surface area contributed by atoms with E-state index in [0.29, 0.717) is 12.3 Å². The molecule has 0 radical (unpaired) electrons. The largest absolute Gasteiger partial charge is 0.493 e. The Kier molecular flexibility index (Phi) is 7.72. The van der Waals surface area contributed by atoms with Crippen molar-refractivity contribution < 1.29 is 9.47 Å². The molecular weight excluding hydrogens is 348 g/mol. The maximum absolute atomic E-state index is 5.35. The molecule has 0 bridgehead atoms. The second-order valence-corrected chi connectivity index (χ2v) is 7.10. The molecule has 0 saturated heterocycles.